The molecule has 2 rings (SSSR count). The van der Waals surface area contributed by atoms with Crippen LogP contribution in [0.4, 0.5) is 0 Å². The van der Waals surface area contributed by atoms with Crippen LogP contribution in [0.5, 0.6) is 5.75 Å². The number of halogens is 1. The summed E-state index contributed by atoms with van der Waals surface area (Å²) in [5, 5.41) is 11.7. The van der Waals surface area contributed by atoms with Crippen molar-refractivity contribution in [1.29, 1.82) is 0 Å². The lowest BCUT2D eigenvalue weighted by molar-refractivity contribution is -0.123. The molecule has 0 bridgehead atoms. The van der Waals surface area contributed by atoms with E-state index in [1.807, 2.05) is 22.6 Å². The van der Waals surface area contributed by atoms with Crippen molar-refractivity contribution in [3.63, 3.8) is 0 Å². The van der Waals surface area contributed by atoms with Gasteiger partial charge in [0.1, 0.15) is 17.1 Å². The number of carbonyl (C=O) groups is 2. The van der Waals surface area contributed by atoms with Crippen molar-refractivity contribution in [2.24, 2.45) is 0 Å². The topological polar surface area (TPSA) is 88.8 Å². The van der Waals surface area contributed by atoms with Gasteiger partial charge in [-0.1, -0.05) is 0 Å². The molecule has 0 unspecified atom stereocenters. The number of ether oxygens (including phenoxy) is 1. The SMILES string of the molecule is O=C(COc1ccc(I)cc1C(=O)O)NCc1ccco1. The molecule has 6 nitrogen and oxygen atoms in total. The van der Waals surface area contributed by atoms with Crippen LogP contribution in [0.3, 0.4) is 0 Å². The van der Waals surface area contributed by atoms with Gasteiger partial charge in [-0.2, -0.15) is 0 Å². The van der Waals surface area contributed by atoms with E-state index >= 15 is 0 Å². The van der Waals surface area contributed by atoms with Crippen LogP contribution in [0.15, 0.2) is 41.0 Å². The summed E-state index contributed by atoms with van der Waals surface area (Å²) in [6.45, 7) is -0.00471. The number of carboxylic acids is 1. The smallest absolute Gasteiger partial charge is 0.339 e. The summed E-state index contributed by atoms with van der Waals surface area (Å²) in [6, 6.07) is 8.19. The van der Waals surface area contributed by atoms with Crippen LogP contribution in [0.25, 0.3) is 0 Å². The van der Waals surface area contributed by atoms with Gasteiger partial charge in [0, 0.05) is 3.57 Å². The first kappa shape index (κ1) is 15.4. The Kier molecular flexibility index (Phi) is 5.20. The van der Waals surface area contributed by atoms with Crippen molar-refractivity contribution in [3.05, 3.63) is 51.5 Å². The Morgan fingerprint density at radius 1 is 1.33 bits per heavy atom. The van der Waals surface area contributed by atoms with E-state index in [0.717, 1.165) is 3.57 Å². The van der Waals surface area contributed by atoms with Crippen LogP contribution < -0.4 is 10.1 Å². The van der Waals surface area contributed by atoms with Crippen LogP contribution in [-0.4, -0.2) is 23.6 Å². The minimum atomic E-state index is -1.10. The standard InChI is InChI=1S/C14H12INO5/c15-9-3-4-12(11(6-9)14(18)19)21-8-13(17)16-7-10-2-1-5-20-10/h1-6H,7-8H2,(H,16,17)(H,18,19). The molecule has 1 aromatic carbocycles. The van der Waals surface area contributed by atoms with Crippen molar-refractivity contribution in [1.82, 2.24) is 5.32 Å². The fourth-order valence-electron chi connectivity index (χ4n) is 1.59. The first-order valence-corrected chi connectivity index (χ1v) is 7.09. The summed E-state index contributed by atoms with van der Waals surface area (Å²) in [4.78, 5) is 22.7. The molecule has 0 radical (unpaired) electrons. The molecule has 110 valence electrons. The Hall–Kier alpha value is -2.03. The Morgan fingerprint density at radius 3 is 2.81 bits per heavy atom. The van der Waals surface area contributed by atoms with Gasteiger partial charge in [-0.15, -0.1) is 0 Å². The molecule has 7 heteroatoms. The maximum atomic E-state index is 11.6. The number of carbonyl (C=O) groups excluding carboxylic acids is 1. The highest BCUT2D eigenvalue weighted by Crippen LogP contribution is 2.21. The van der Waals surface area contributed by atoms with E-state index in [1.165, 1.54) is 18.4 Å². The molecule has 1 aromatic heterocycles. The molecule has 1 amide bonds. The first-order valence-electron chi connectivity index (χ1n) is 6.01. The average Bonchev–Trinajstić information content (AvgIpc) is 2.97. The van der Waals surface area contributed by atoms with Crippen molar-refractivity contribution < 1.29 is 23.8 Å². The molecule has 0 fully saturated rings. The van der Waals surface area contributed by atoms with Crippen molar-refractivity contribution in [2.75, 3.05) is 6.61 Å². The summed E-state index contributed by atoms with van der Waals surface area (Å²) < 4.78 is 11.1. The number of aromatic carboxylic acids is 1. The Labute approximate surface area is 134 Å². The van der Waals surface area contributed by atoms with Crippen LogP contribution in [0.1, 0.15) is 16.1 Å². The molecule has 0 atom stereocenters. The van der Waals surface area contributed by atoms with E-state index in [2.05, 4.69) is 5.32 Å². The number of rotatable bonds is 6. The van der Waals surface area contributed by atoms with E-state index in [1.54, 1.807) is 18.2 Å². The van der Waals surface area contributed by atoms with E-state index in [0.29, 0.717) is 5.76 Å². The molecule has 0 aliphatic rings. The fourth-order valence-corrected chi connectivity index (χ4v) is 2.08. The predicted molar refractivity (Wildman–Crippen MR) is 82.2 cm³/mol. The molecule has 21 heavy (non-hydrogen) atoms. The number of nitrogens with one attached hydrogen (secondary N) is 1. The lowest BCUT2D eigenvalue weighted by Crippen LogP contribution is -2.28. The molecule has 0 saturated heterocycles. The van der Waals surface area contributed by atoms with Gasteiger partial charge >= 0.3 is 5.97 Å². The summed E-state index contributed by atoms with van der Waals surface area (Å²) >= 11 is 2.01. The second kappa shape index (κ2) is 7.11. The predicted octanol–water partition coefficient (Wildman–Crippen LogP) is 2.28. The summed E-state index contributed by atoms with van der Waals surface area (Å²) in [6.07, 6.45) is 1.52. The molecule has 0 spiro atoms. The van der Waals surface area contributed by atoms with Gasteiger partial charge < -0.3 is 19.6 Å². The highest BCUT2D eigenvalue weighted by Gasteiger charge is 2.13. The third-order valence-corrected chi connectivity index (χ3v) is 3.24. The molecular formula is C14H12INO5. The zero-order chi connectivity index (χ0) is 15.2. The van der Waals surface area contributed by atoms with Gasteiger partial charge in [-0.25, -0.2) is 4.79 Å². The minimum Gasteiger partial charge on any atom is -0.483 e. The zero-order valence-corrected chi connectivity index (χ0v) is 13.0. The second-order valence-electron chi connectivity index (χ2n) is 4.09. The number of carboxylic acid groups (broad SMARTS) is 1. The lowest BCUT2D eigenvalue weighted by atomic mass is 10.2. The number of furan rings is 1. The van der Waals surface area contributed by atoms with Gasteiger partial charge in [-0.3, -0.25) is 4.79 Å². The normalized spacial score (nSPS) is 10.1. The average molecular weight is 401 g/mol. The lowest BCUT2D eigenvalue weighted by Gasteiger charge is -2.09. The quantitative estimate of drug-likeness (QED) is 0.726. The molecule has 2 aromatic rings. The Morgan fingerprint density at radius 2 is 2.14 bits per heavy atom. The van der Waals surface area contributed by atoms with E-state index in [4.69, 9.17) is 14.3 Å². The maximum Gasteiger partial charge on any atom is 0.339 e. The largest absolute Gasteiger partial charge is 0.483 e. The highest BCUT2D eigenvalue weighted by atomic mass is 127. The van der Waals surface area contributed by atoms with Gasteiger partial charge in [0.2, 0.25) is 0 Å². The maximum absolute atomic E-state index is 11.6. The van der Waals surface area contributed by atoms with Gasteiger partial charge in [0.15, 0.2) is 6.61 Å². The molecule has 2 N–H and O–H groups in total. The minimum absolute atomic E-state index is 0.0285. The van der Waals surface area contributed by atoms with Crippen molar-refractivity contribution >= 4 is 34.5 Å². The molecular weight excluding hydrogens is 389 g/mol. The Bertz CT molecular complexity index is 639. The van der Waals surface area contributed by atoms with E-state index in [9.17, 15) is 9.59 Å². The van der Waals surface area contributed by atoms with Crippen molar-refractivity contribution in [2.45, 2.75) is 6.54 Å². The van der Waals surface area contributed by atoms with E-state index in [-0.39, 0.29) is 30.4 Å². The summed E-state index contributed by atoms with van der Waals surface area (Å²) in [5.74, 6) is -0.666. The van der Waals surface area contributed by atoms with Gasteiger partial charge in [0.25, 0.3) is 5.91 Å². The van der Waals surface area contributed by atoms with Crippen LogP contribution >= 0.6 is 22.6 Å². The van der Waals surface area contributed by atoms with Gasteiger partial charge in [0.05, 0.1) is 12.8 Å². The fraction of sp³-hybridized carbons (Fsp3) is 0.143. The summed E-state index contributed by atoms with van der Waals surface area (Å²) in [5.41, 5.74) is 0.0285. The van der Waals surface area contributed by atoms with Crippen LogP contribution in [0.2, 0.25) is 0 Å². The monoisotopic (exact) mass is 401 g/mol. The highest BCUT2D eigenvalue weighted by molar-refractivity contribution is 14.1. The number of hydrogen-bond acceptors (Lipinski definition) is 4. The Balaban J connectivity index is 1.90. The molecule has 0 saturated carbocycles. The first-order chi connectivity index (χ1) is 10.1. The third kappa shape index (κ3) is 4.48. The second-order valence-corrected chi connectivity index (χ2v) is 5.34. The molecule has 1 heterocycles. The van der Waals surface area contributed by atoms with Crippen molar-refractivity contribution in [3.8, 4) is 5.75 Å². The molecule has 0 aliphatic carbocycles. The molecule has 0 aliphatic heterocycles. The third-order valence-electron chi connectivity index (χ3n) is 2.57. The summed E-state index contributed by atoms with van der Waals surface area (Å²) in [7, 11) is 0. The van der Waals surface area contributed by atoms with Crippen LogP contribution in [-0.2, 0) is 11.3 Å². The zero-order valence-electron chi connectivity index (χ0n) is 10.8. The van der Waals surface area contributed by atoms with E-state index < -0.39 is 5.97 Å². The number of benzene rings is 1. The number of amides is 1. The number of hydrogen-bond donors (Lipinski definition) is 2. The van der Waals surface area contributed by atoms with Crippen LogP contribution in [0, 0.1) is 3.57 Å². The van der Waals surface area contributed by atoms with Gasteiger partial charge in [-0.05, 0) is 52.9 Å².